The first-order valence-electron chi connectivity index (χ1n) is 15.5. The van der Waals surface area contributed by atoms with E-state index < -0.39 is 11.6 Å². The molecule has 0 N–H and O–H groups in total. The Balaban J connectivity index is 1.45. The van der Waals surface area contributed by atoms with E-state index in [1.54, 1.807) is 22.2 Å². The number of ether oxygens (including phenoxy) is 4. The van der Waals surface area contributed by atoms with Crippen molar-refractivity contribution in [1.82, 2.24) is 19.9 Å². The van der Waals surface area contributed by atoms with Crippen LogP contribution in [0.15, 0.2) is 60.5 Å². The topological polar surface area (TPSA) is 95.0 Å². The van der Waals surface area contributed by atoms with E-state index in [0.29, 0.717) is 84.0 Å². The second-order valence-corrected chi connectivity index (χ2v) is 13.6. The summed E-state index contributed by atoms with van der Waals surface area (Å²) >= 11 is 2.98. The van der Waals surface area contributed by atoms with E-state index in [9.17, 15) is 0 Å². The molecular weight excluding hydrogens is 659 g/mol. The van der Waals surface area contributed by atoms with Crippen molar-refractivity contribution in [2.45, 2.75) is 38.9 Å². The Morgan fingerprint density at radius 2 is 1.33 bits per heavy atom. The Hall–Kier alpha value is -4.50. The molecule has 10 nitrogen and oxygen atoms in total. The number of fused-ring (bicyclic) bond motifs is 2. The van der Waals surface area contributed by atoms with Crippen molar-refractivity contribution < 1.29 is 27.7 Å². The summed E-state index contributed by atoms with van der Waals surface area (Å²) in [5.41, 5.74) is 1.58. The van der Waals surface area contributed by atoms with Gasteiger partial charge in [-0.3, -0.25) is 0 Å². The minimum atomic E-state index is -0.505. The van der Waals surface area contributed by atoms with Crippen LogP contribution in [-0.4, -0.2) is 58.6 Å². The Bertz CT molecular complexity index is 2110. The van der Waals surface area contributed by atoms with Crippen molar-refractivity contribution in [2.75, 3.05) is 36.4 Å². The highest BCUT2D eigenvalue weighted by Gasteiger charge is 2.34. The fraction of sp³-hybridized carbons (Fsp3) is 0.294. The lowest BCUT2D eigenvalue weighted by atomic mass is 10.2. The lowest BCUT2D eigenvalue weighted by molar-refractivity contribution is 0.141. The van der Waals surface area contributed by atoms with Crippen LogP contribution in [0.5, 0.6) is 11.5 Å². The molecule has 246 valence electrons. The van der Waals surface area contributed by atoms with Gasteiger partial charge in [0.1, 0.15) is 69.0 Å². The fourth-order valence-corrected chi connectivity index (χ4v) is 7.70. The maximum atomic E-state index is 15.5. The van der Waals surface area contributed by atoms with Crippen molar-refractivity contribution in [3.8, 4) is 11.5 Å². The van der Waals surface area contributed by atoms with Crippen LogP contribution >= 0.6 is 22.7 Å². The average Bonchev–Trinajstić information content (AvgIpc) is 3.91. The van der Waals surface area contributed by atoms with Gasteiger partial charge in [-0.2, -0.15) is 0 Å². The van der Waals surface area contributed by atoms with E-state index in [2.05, 4.69) is 9.97 Å². The number of hydrazine groups is 1. The maximum Gasteiger partial charge on any atom is 0.165 e. The quantitative estimate of drug-likeness (QED) is 0.140. The van der Waals surface area contributed by atoms with Crippen LogP contribution in [0, 0.1) is 25.5 Å². The molecule has 0 radical (unpaired) electrons. The van der Waals surface area contributed by atoms with E-state index in [0.717, 1.165) is 20.7 Å². The molecule has 0 aliphatic carbocycles. The number of aromatic nitrogens is 4. The summed E-state index contributed by atoms with van der Waals surface area (Å²) in [6, 6.07) is 10.6. The van der Waals surface area contributed by atoms with Crippen molar-refractivity contribution >= 4 is 66.1 Å². The van der Waals surface area contributed by atoms with Gasteiger partial charge in [0.25, 0.3) is 0 Å². The van der Waals surface area contributed by atoms with E-state index in [1.165, 1.54) is 59.6 Å². The highest BCUT2D eigenvalue weighted by atomic mass is 32.1. The van der Waals surface area contributed by atoms with E-state index in [-0.39, 0.29) is 12.2 Å². The van der Waals surface area contributed by atoms with Gasteiger partial charge in [-0.25, -0.2) is 38.7 Å². The molecule has 8 rings (SSSR count). The van der Waals surface area contributed by atoms with Gasteiger partial charge in [-0.1, -0.05) is 0 Å². The Morgan fingerprint density at radius 3 is 1.94 bits per heavy atom. The molecule has 2 atom stereocenters. The standard InChI is InChI=1S/C34H30F2N6O4S2/c1-19-20(2)48-34-30(19)32(38-18-40-34)42(27-14-22(36)4-6-29(27)46-24-8-11-44-16-24)41(31-25-9-12-47-33(25)39-17-37-31)26-13-21(35)3-5-28(26)45-23-7-10-43-15-23/h3-6,9,12-14,17-18,23-24H,7-8,10-11,15-16H2,1-2H3. The summed E-state index contributed by atoms with van der Waals surface area (Å²) < 4.78 is 55.3. The summed E-state index contributed by atoms with van der Waals surface area (Å²) in [5.74, 6) is 0.569. The van der Waals surface area contributed by atoms with E-state index in [4.69, 9.17) is 28.9 Å². The predicted octanol–water partition coefficient (Wildman–Crippen LogP) is 7.82. The van der Waals surface area contributed by atoms with Crippen LogP contribution in [0.1, 0.15) is 23.3 Å². The Labute approximate surface area is 282 Å². The number of nitrogens with zero attached hydrogens (tertiary/aromatic N) is 6. The first-order chi connectivity index (χ1) is 23.4. The number of halogens is 2. The number of benzene rings is 2. The average molecular weight is 689 g/mol. The van der Waals surface area contributed by atoms with Gasteiger partial charge in [0.05, 0.1) is 37.2 Å². The minimum absolute atomic E-state index is 0.251. The first kappa shape index (κ1) is 30.8. The first-order valence-corrected chi connectivity index (χ1v) is 17.2. The largest absolute Gasteiger partial charge is 0.486 e. The molecule has 0 spiro atoms. The van der Waals surface area contributed by atoms with Crippen LogP contribution in [-0.2, 0) is 9.47 Å². The van der Waals surface area contributed by atoms with Gasteiger partial charge >= 0.3 is 0 Å². The predicted molar refractivity (Wildman–Crippen MR) is 181 cm³/mol. The highest BCUT2D eigenvalue weighted by molar-refractivity contribution is 7.18. The lowest BCUT2D eigenvalue weighted by Gasteiger charge is -2.38. The third kappa shape index (κ3) is 5.68. The van der Waals surface area contributed by atoms with Crippen LogP contribution in [0.4, 0.5) is 31.8 Å². The molecule has 14 heteroatoms. The molecule has 4 aromatic heterocycles. The molecular formula is C34H30F2N6O4S2. The van der Waals surface area contributed by atoms with Crippen molar-refractivity contribution in [3.63, 3.8) is 0 Å². The van der Waals surface area contributed by atoms with Gasteiger partial charge < -0.3 is 18.9 Å². The molecule has 48 heavy (non-hydrogen) atoms. The highest BCUT2D eigenvalue weighted by Crippen LogP contribution is 2.48. The third-order valence-corrected chi connectivity index (χ3v) is 10.4. The molecule has 2 aliphatic rings. The molecule has 0 amide bonds. The zero-order valence-electron chi connectivity index (χ0n) is 26.1. The SMILES string of the molecule is Cc1sc2ncnc(N(c3cc(F)ccc3OC3CCOC3)N(c3cc(F)ccc3OC3CCOC3)c3ncnc4sccc34)c2c1C. The summed E-state index contributed by atoms with van der Waals surface area (Å²) in [6.45, 7) is 5.93. The summed E-state index contributed by atoms with van der Waals surface area (Å²) in [4.78, 5) is 21.2. The minimum Gasteiger partial charge on any atom is -0.486 e. The third-order valence-electron chi connectivity index (χ3n) is 8.45. The van der Waals surface area contributed by atoms with Crippen LogP contribution < -0.4 is 19.5 Å². The number of anilines is 4. The summed E-state index contributed by atoms with van der Waals surface area (Å²) in [5, 5.41) is 6.80. The zero-order valence-corrected chi connectivity index (χ0v) is 27.7. The number of hydrogen-bond donors (Lipinski definition) is 0. The lowest BCUT2D eigenvalue weighted by Crippen LogP contribution is -2.38. The maximum absolute atomic E-state index is 15.5. The van der Waals surface area contributed by atoms with Crippen molar-refractivity contribution in [2.24, 2.45) is 0 Å². The van der Waals surface area contributed by atoms with Crippen molar-refractivity contribution in [3.05, 3.63) is 82.6 Å². The Kier molecular flexibility index (Phi) is 8.24. The number of aryl methyl sites for hydroxylation is 2. The van der Waals surface area contributed by atoms with Crippen LogP contribution in [0.2, 0.25) is 0 Å². The van der Waals surface area contributed by atoms with Gasteiger partial charge in [0, 0.05) is 29.9 Å². The summed E-state index contributed by atoms with van der Waals surface area (Å²) in [6.07, 6.45) is 3.78. The monoisotopic (exact) mass is 688 g/mol. The molecule has 2 saturated heterocycles. The summed E-state index contributed by atoms with van der Waals surface area (Å²) in [7, 11) is 0. The molecule has 2 unspecified atom stereocenters. The van der Waals surface area contributed by atoms with E-state index in [1.807, 2.05) is 25.3 Å². The molecule has 2 aromatic carbocycles. The van der Waals surface area contributed by atoms with Gasteiger partial charge in [0.2, 0.25) is 0 Å². The number of rotatable bonds is 9. The van der Waals surface area contributed by atoms with Crippen molar-refractivity contribution in [1.29, 1.82) is 0 Å². The molecule has 6 heterocycles. The molecule has 0 saturated carbocycles. The van der Waals surface area contributed by atoms with Gasteiger partial charge in [-0.15, -0.1) is 22.7 Å². The normalized spacial score (nSPS) is 17.8. The van der Waals surface area contributed by atoms with Crippen LogP contribution in [0.3, 0.4) is 0 Å². The molecule has 2 fully saturated rings. The molecule has 0 bridgehead atoms. The van der Waals surface area contributed by atoms with Gasteiger partial charge in [-0.05, 0) is 55.1 Å². The fourth-order valence-electron chi connectivity index (χ4n) is 5.99. The van der Waals surface area contributed by atoms with Crippen LogP contribution in [0.25, 0.3) is 20.4 Å². The zero-order chi connectivity index (χ0) is 32.8. The number of thiophene rings is 2. The molecule has 2 aliphatic heterocycles. The molecule has 6 aromatic rings. The van der Waals surface area contributed by atoms with Gasteiger partial charge in [0.15, 0.2) is 11.6 Å². The number of hydrogen-bond acceptors (Lipinski definition) is 12. The second kappa shape index (κ2) is 12.8. The smallest absolute Gasteiger partial charge is 0.165 e. The Morgan fingerprint density at radius 1 is 0.750 bits per heavy atom. The second-order valence-electron chi connectivity index (χ2n) is 11.6. The van der Waals surface area contributed by atoms with E-state index >= 15 is 8.78 Å².